The van der Waals surface area contributed by atoms with E-state index in [1.54, 1.807) is 42.5 Å². The zero-order valence-electron chi connectivity index (χ0n) is 21.3. The monoisotopic (exact) mass is 583 g/mol. The summed E-state index contributed by atoms with van der Waals surface area (Å²) in [5, 5.41) is 12.8. The summed E-state index contributed by atoms with van der Waals surface area (Å²) in [4.78, 5) is 11.0. The second-order valence-electron chi connectivity index (χ2n) is 9.01. The first kappa shape index (κ1) is 28.5. The zero-order valence-corrected chi connectivity index (χ0v) is 23.7. The summed E-state index contributed by atoms with van der Waals surface area (Å²) in [6.07, 6.45) is 2.09. The maximum Gasteiger partial charge on any atom is 0.335 e. The van der Waals surface area contributed by atoms with Gasteiger partial charge in [0.25, 0.3) is 0 Å². The fraction of sp³-hybridized carbons (Fsp3) is 0.207. The lowest BCUT2D eigenvalue weighted by Gasteiger charge is -2.22. The third kappa shape index (κ3) is 6.41. The summed E-state index contributed by atoms with van der Waals surface area (Å²) in [5.74, 6) is -0.982. The van der Waals surface area contributed by atoms with Gasteiger partial charge in [0, 0.05) is 5.69 Å². The van der Waals surface area contributed by atoms with Gasteiger partial charge in [0.05, 0.1) is 10.5 Å². The number of nitrogens with one attached hydrogen (secondary N) is 1. The number of aromatic carboxylic acids is 1. The van der Waals surface area contributed by atoms with Gasteiger partial charge in [-0.25, -0.2) is 21.6 Å². The number of rotatable bonds is 12. The third-order valence-corrected chi connectivity index (χ3v) is 11.9. The Morgan fingerprint density at radius 3 is 2.21 bits per heavy atom. The summed E-state index contributed by atoms with van der Waals surface area (Å²) in [6.45, 7) is 1.88. The van der Waals surface area contributed by atoms with Crippen LogP contribution < -0.4 is 5.32 Å². The average molecular weight is 584 g/mol. The van der Waals surface area contributed by atoms with Crippen molar-refractivity contribution in [3.05, 3.63) is 107 Å². The molecule has 1 atom stereocenters. The van der Waals surface area contributed by atoms with E-state index in [1.165, 1.54) is 23.6 Å². The van der Waals surface area contributed by atoms with E-state index < -0.39 is 31.0 Å². The van der Waals surface area contributed by atoms with E-state index >= 15 is 0 Å². The number of aryl methyl sites for hydroxylation is 2. The fourth-order valence-electron chi connectivity index (χ4n) is 4.26. The number of hydrogen-bond acceptors (Lipinski definition) is 7. The van der Waals surface area contributed by atoms with Crippen molar-refractivity contribution in [1.29, 1.82) is 0 Å². The summed E-state index contributed by atoms with van der Waals surface area (Å²) in [6, 6.07) is 23.3. The van der Waals surface area contributed by atoms with Crippen LogP contribution in [0.25, 0.3) is 0 Å². The molecule has 1 aromatic heterocycles. The lowest BCUT2D eigenvalue weighted by molar-refractivity contribution is 0.0697. The molecule has 0 aliphatic heterocycles. The van der Waals surface area contributed by atoms with Gasteiger partial charge in [-0.15, -0.1) is 11.3 Å². The minimum atomic E-state index is -4.06. The summed E-state index contributed by atoms with van der Waals surface area (Å²) in [7, 11) is -8.08. The molecular weight excluding hydrogens is 555 g/mol. The van der Waals surface area contributed by atoms with Gasteiger partial charge in [-0.05, 0) is 72.2 Å². The number of anilines is 1. The van der Waals surface area contributed by atoms with E-state index in [0.717, 1.165) is 22.5 Å². The molecule has 0 saturated heterocycles. The second-order valence-corrected chi connectivity index (χ2v) is 14.2. The molecule has 1 heterocycles. The first-order valence-corrected chi connectivity index (χ1v) is 16.3. The summed E-state index contributed by atoms with van der Waals surface area (Å²) < 4.78 is 54.3. The molecule has 0 aliphatic carbocycles. The van der Waals surface area contributed by atoms with Gasteiger partial charge in [0.2, 0.25) is 19.7 Å². The van der Waals surface area contributed by atoms with Crippen molar-refractivity contribution in [2.75, 3.05) is 5.32 Å². The first-order chi connectivity index (χ1) is 18.6. The molecule has 3 aromatic carbocycles. The number of para-hydroxylation sites is 1. The van der Waals surface area contributed by atoms with Crippen molar-refractivity contribution in [3.8, 4) is 0 Å². The summed E-state index contributed by atoms with van der Waals surface area (Å²) >= 11 is 0.909. The highest BCUT2D eigenvalue weighted by Gasteiger charge is 2.35. The molecule has 0 fully saturated rings. The largest absolute Gasteiger partial charge is 0.478 e. The maximum absolute atomic E-state index is 13.9. The predicted molar refractivity (Wildman–Crippen MR) is 153 cm³/mol. The highest BCUT2D eigenvalue weighted by atomic mass is 32.2. The Kier molecular flexibility index (Phi) is 8.89. The highest BCUT2D eigenvalue weighted by molar-refractivity contribution is 7.96. The van der Waals surface area contributed by atoms with E-state index in [-0.39, 0.29) is 26.0 Å². The highest BCUT2D eigenvalue weighted by Crippen LogP contribution is 2.35. The Bertz CT molecular complexity index is 1640. The fourth-order valence-corrected chi connectivity index (χ4v) is 9.73. The Morgan fingerprint density at radius 1 is 0.872 bits per heavy atom. The normalized spacial score (nSPS) is 12.6. The van der Waals surface area contributed by atoms with Gasteiger partial charge in [-0.1, -0.05) is 61.9 Å². The third-order valence-electron chi connectivity index (χ3n) is 6.34. The van der Waals surface area contributed by atoms with Crippen LogP contribution in [0, 0.1) is 0 Å². The smallest absolute Gasteiger partial charge is 0.335 e. The molecule has 0 saturated carbocycles. The second kappa shape index (κ2) is 12.1. The number of carbonyl (C=O) groups is 1. The number of thiophene rings is 1. The van der Waals surface area contributed by atoms with Crippen molar-refractivity contribution in [1.82, 2.24) is 0 Å². The lowest BCUT2D eigenvalue weighted by atomic mass is 10.0. The van der Waals surface area contributed by atoms with Crippen molar-refractivity contribution in [2.45, 2.75) is 52.0 Å². The number of benzene rings is 3. The van der Waals surface area contributed by atoms with Crippen LogP contribution in [0.4, 0.5) is 5.69 Å². The standard InChI is InChI=1S/C29H29NO6S3/c1-2-8-27(39(35,36)29-26(19-20-37-29)38(33,34)24-10-4-3-5-11-24)30-25-12-7-6-9-22(25)16-13-21-14-17-23(18-15-21)28(31)32/h3-7,9-12,14-15,17-20,27,30H,2,8,13,16H2,1H3,(H,31,32). The van der Waals surface area contributed by atoms with E-state index in [0.29, 0.717) is 24.9 Å². The number of carboxylic acids is 1. The molecule has 1 unspecified atom stereocenters. The van der Waals surface area contributed by atoms with Crippen molar-refractivity contribution < 1.29 is 26.7 Å². The SMILES string of the molecule is CCCC(Nc1ccccc1CCc1ccc(C(=O)O)cc1)S(=O)(=O)c1sccc1S(=O)(=O)c1ccccc1. The van der Waals surface area contributed by atoms with Crippen LogP contribution >= 0.6 is 11.3 Å². The molecule has 7 nitrogen and oxygen atoms in total. The molecule has 4 aromatic rings. The Morgan fingerprint density at radius 2 is 1.54 bits per heavy atom. The molecular formula is C29H29NO6S3. The van der Waals surface area contributed by atoms with Crippen LogP contribution in [0.5, 0.6) is 0 Å². The molecule has 4 rings (SSSR count). The molecule has 2 N–H and O–H groups in total. The van der Waals surface area contributed by atoms with Gasteiger partial charge in [0.1, 0.15) is 14.5 Å². The molecule has 0 aliphatic rings. The molecule has 0 spiro atoms. The Labute approximate surface area is 233 Å². The van der Waals surface area contributed by atoms with Crippen LogP contribution in [-0.4, -0.2) is 33.3 Å². The molecule has 0 radical (unpaired) electrons. The van der Waals surface area contributed by atoms with Crippen molar-refractivity contribution >= 4 is 42.7 Å². The molecule has 0 bridgehead atoms. The van der Waals surface area contributed by atoms with Crippen molar-refractivity contribution in [2.24, 2.45) is 0 Å². The summed E-state index contributed by atoms with van der Waals surface area (Å²) in [5.41, 5.74) is 2.74. The van der Waals surface area contributed by atoms with Gasteiger partial charge in [-0.3, -0.25) is 0 Å². The van der Waals surface area contributed by atoms with Crippen LogP contribution in [-0.2, 0) is 32.5 Å². The van der Waals surface area contributed by atoms with Gasteiger partial charge in [-0.2, -0.15) is 0 Å². The molecule has 204 valence electrons. The van der Waals surface area contributed by atoms with Crippen LogP contribution in [0.3, 0.4) is 0 Å². The number of carboxylic acid groups (broad SMARTS) is 1. The number of sulfone groups is 2. The van der Waals surface area contributed by atoms with Crippen LogP contribution in [0.1, 0.15) is 41.3 Å². The number of hydrogen-bond donors (Lipinski definition) is 2. The molecule has 0 amide bonds. The van der Waals surface area contributed by atoms with Gasteiger partial charge >= 0.3 is 5.97 Å². The minimum absolute atomic E-state index is 0.0431. The first-order valence-electron chi connectivity index (χ1n) is 12.4. The maximum atomic E-state index is 13.9. The topological polar surface area (TPSA) is 118 Å². The molecule has 10 heteroatoms. The predicted octanol–water partition coefficient (Wildman–Crippen LogP) is 6.08. The van der Waals surface area contributed by atoms with Gasteiger partial charge < -0.3 is 10.4 Å². The van der Waals surface area contributed by atoms with Gasteiger partial charge in [0.15, 0.2) is 0 Å². The van der Waals surface area contributed by atoms with Crippen molar-refractivity contribution in [3.63, 3.8) is 0 Å². The molecule has 39 heavy (non-hydrogen) atoms. The van der Waals surface area contributed by atoms with Crippen LogP contribution in [0.2, 0.25) is 0 Å². The Balaban J connectivity index is 1.61. The Hall–Kier alpha value is -3.47. The zero-order chi connectivity index (χ0) is 28.0. The van der Waals surface area contributed by atoms with Crippen LogP contribution in [0.15, 0.2) is 104 Å². The van der Waals surface area contributed by atoms with E-state index in [4.69, 9.17) is 5.11 Å². The quantitative estimate of drug-likeness (QED) is 0.208. The van der Waals surface area contributed by atoms with E-state index in [1.807, 2.05) is 31.2 Å². The van der Waals surface area contributed by atoms with E-state index in [2.05, 4.69) is 5.32 Å². The average Bonchev–Trinajstić information content (AvgIpc) is 3.45. The van der Waals surface area contributed by atoms with E-state index in [9.17, 15) is 21.6 Å². The lowest BCUT2D eigenvalue weighted by Crippen LogP contribution is -2.30. The minimum Gasteiger partial charge on any atom is -0.478 e.